The molecule has 10 heteroatoms. The van der Waals surface area contributed by atoms with E-state index in [1.807, 2.05) is 0 Å². The van der Waals surface area contributed by atoms with Crippen molar-refractivity contribution >= 4 is 32.5 Å². The summed E-state index contributed by atoms with van der Waals surface area (Å²) < 4.78 is 66.3. The molecule has 1 aliphatic heterocycles. The Kier molecular flexibility index (Phi) is 4.89. The van der Waals surface area contributed by atoms with Crippen molar-refractivity contribution in [2.75, 3.05) is 11.3 Å². The average Bonchev–Trinajstić information content (AvgIpc) is 2.71. The highest BCUT2D eigenvalue weighted by atomic mass is 32.2. The van der Waals surface area contributed by atoms with E-state index in [0.29, 0.717) is 21.7 Å². The molecule has 0 radical (unpaired) electrons. The van der Waals surface area contributed by atoms with Gasteiger partial charge in [-0.05, 0) is 53.9 Å². The molecule has 0 atom stereocenters. The van der Waals surface area contributed by atoms with Crippen LogP contribution in [0.1, 0.15) is 11.1 Å². The molecule has 2 heterocycles. The maximum absolute atomic E-state index is 12.8. The number of anilines is 1. The molecule has 0 unspecified atom stereocenters. The van der Waals surface area contributed by atoms with Crippen molar-refractivity contribution in [1.29, 1.82) is 0 Å². The van der Waals surface area contributed by atoms with Crippen molar-refractivity contribution in [1.82, 2.24) is 9.88 Å². The van der Waals surface area contributed by atoms with Crippen LogP contribution in [0.2, 0.25) is 0 Å². The van der Waals surface area contributed by atoms with Crippen LogP contribution in [0.25, 0.3) is 10.9 Å². The third-order valence-electron chi connectivity index (χ3n) is 4.89. The van der Waals surface area contributed by atoms with Gasteiger partial charge >= 0.3 is 12.1 Å². The largest absolute Gasteiger partial charge is 0.471 e. The van der Waals surface area contributed by atoms with E-state index in [0.717, 1.165) is 10.9 Å². The van der Waals surface area contributed by atoms with Gasteiger partial charge in [0.25, 0.3) is 10.0 Å². The fourth-order valence-corrected chi connectivity index (χ4v) is 4.51. The number of halogens is 3. The quantitative estimate of drug-likeness (QED) is 0.683. The number of alkyl halides is 3. The second-order valence-corrected chi connectivity index (χ2v) is 8.60. The lowest BCUT2D eigenvalue weighted by Crippen LogP contribution is -2.43. The molecule has 1 aliphatic rings. The molecule has 4 rings (SSSR count). The van der Waals surface area contributed by atoms with Gasteiger partial charge in [0.15, 0.2) is 0 Å². The van der Waals surface area contributed by atoms with E-state index >= 15 is 0 Å². The Hall–Kier alpha value is -3.14. The van der Waals surface area contributed by atoms with E-state index in [2.05, 4.69) is 9.71 Å². The number of aromatic nitrogens is 1. The zero-order chi connectivity index (χ0) is 21.5. The van der Waals surface area contributed by atoms with Crippen molar-refractivity contribution in [3.05, 3.63) is 65.9 Å². The Morgan fingerprint density at radius 1 is 1.07 bits per heavy atom. The van der Waals surface area contributed by atoms with E-state index in [4.69, 9.17) is 0 Å². The first kappa shape index (κ1) is 20.1. The second-order valence-electron chi connectivity index (χ2n) is 6.92. The van der Waals surface area contributed by atoms with Crippen molar-refractivity contribution in [3.63, 3.8) is 0 Å². The van der Waals surface area contributed by atoms with Crippen LogP contribution in [0.5, 0.6) is 0 Å². The molecule has 0 spiro atoms. The lowest BCUT2D eigenvalue weighted by molar-refractivity contribution is -0.186. The third-order valence-corrected chi connectivity index (χ3v) is 6.26. The maximum atomic E-state index is 12.8. The Morgan fingerprint density at radius 3 is 2.63 bits per heavy atom. The minimum atomic E-state index is -4.96. The van der Waals surface area contributed by atoms with Gasteiger partial charge in [-0.15, -0.1) is 0 Å². The number of benzene rings is 2. The van der Waals surface area contributed by atoms with Crippen molar-refractivity contribution in [2.45, 2.75) is 24.0 Å². The molecule has 156 valence electrons. The standard InChI is InChI=1S/C20H16F3N3O3S/c21-20(22,23)19(27)26-9-7-13-3-5-17(11-15(13)12-26)30(28,29)25-16-4-6-18-14(10-16)2-1-8-24-18/h1-6,8,10-11,25H,7,9,12H2. The highest BCUT2D eigenvalue weighted by Gasteiger charge is 2.43. The van der Waals surface area contributed by atoms with Crippen LogP contribution in [0.3, 0.4) is 0 Å². The van der Waals surface area contributed by atoms with E-state index in [9.17, 15) is 26.4 Å². The lowest BCUT2D eigenvalue weighted by atomic mass is 10.00. The average molecular weight is 435 g/mol. The van der Waals surface area contributed by atoms with E-state index in [1.54, 1.807) is 42.6 Å². The highest BCUT2D eigenvalue weighted by molar-refractivity contribution is 7.92. The van der Waals surface area contributed by atoms with E-state index < -0.39 is 22.1 Å². The fourth-order valence-electron chi connectivity index (χ4n) is 3.41. The molecule has 1 aromatic heterocycles. The summed E-state index contributed by atoms with van der Waals surface area (Å²) in [5.41, 5.74) is 2.15. The minimum Gasteiger partial charge on any atom is -0.330 e. The third kappa shape index (κ3) is 3.95. The Balaban J connectivity index is 1.60. The first-order chi connectivity index (χ1) is 14.1. The molecule has 0 saturated heterocycles. The van der Waals surface area contributed by atoms with Gasteiger partial charge in [0.05, 0.1) is 10.4 Å². The Bertz CT molecular complexity index is 1240. The zero-order valence-corrected chi connectivity index (χ0v) is 16.3. The number of rotatable bonds is 3. The van der Waals surface area contributed by atoms with Gasteiger partial charge in [-0.1, -0.05) is 12.1 Å². The van der Waals surface area contributed by atoms with Gasteiger partial charge in [-0.2, -0.15) is 13.2 Å². The number of fused-ring (bicyclic) bond motifs is 2. The lowest BCUT2D eigenvalue weighted by Gasteiger charge is -2.29. The van der Waals surface area contributed by atoms with Crippen LogP contribution in [-0.4, -0.2) is 36.9 Å². The van der Waals surface area contributed by atoms with Gasteiger partial charge in [-0.25, -0.2) is 8.42 Å². The SMILES string of the molecule is O=C(N1CCc2ccc(S(=O)(=O)Nc3ccc4ncccc4c3)cc2C1)C(F)(F)F. The van der Waals surface area contributed by atoms with Crippen LogP contribution in [0.15, 0.2) is 59.6 Å². The number of hydrogen-bond donors (Lipinski definition) is 1. The molecule has 1 N–H and O–H groups in total. The highest BCUT2D eigenvalue weighted by Crippen LogP contribution is 2.27. The topological polar surface area (TPSA) is 79.4 Å². The van der Waals surface area contributed by atoms with Gasteiger partial charge in [0, 0.05) is 30.4 Å². The van der Waals surface area contributed by atoms with Crippen LogP contribution < -0.4 is 4.72 Å². The summed E-state index contributed by atoms with van der Waals surface area (Å²) in [6.45, 7) is -0.362. The summed E-state index contributed by atoms with van der Waals surface area (Å²) in [7, 11) is -3.98. The number of amides is 1. The monoisotopic (exact) mass is 435 g/mol. The minimum absolute atomic E-state index is 0.0686. The van der Waals surface area contributed by atoms with Gasteiger partial charge < -0.3 is 4.90 Å². The second kappa shape index (κ2) is 7.28. The molecular weight excluding hydrogens is 419 g/mol. The molecule has 6 nitrogen and oxygen atoms in total. The predicted molar refractivity (Wildman–Crippen MR) is 104 cm³/mol. The summed E-state index contributed by atoms with van der Waals surface area (Å²) in [5.74, 6) is -1.93. The fraction of sp³-hybridized carbons (Fsp3) is 0.200. The normalized spacial score (nSPS) is 14.4. The summed E-state index contributed by atoms with van der Waals surface area (Å²) in [4.78, 5) is 16.3. The smallest absolute Gasteiger partial charge is 0.330 e. The Morgan fingerprint density at radius 2 is 1.87 bits per heavy atom. The first-order valence-corrected chi connectivity index (χ1v) is 10.5. The van der Waals surface area contributed by atoms with E-state index in [1.165, 1.54) is 12.1 Å². The van der Waals surface area contributed by atoms with Crippen molar-refractivity contribution < 1.29 is 26.4 Å². The zero-order valence-electron chi connectivity index (χ0n) is 15.5. The number of carbonyl (C=O) groups excluding carboxylic acids is 1. The van der Waals surface area contributed by atoms with Crippen LogP contribution >= 0.6 is 0 Å². The van der Waals surface area contributed by atoms with E-state index in [-0.39, 0.29) is 24.4 Å². The van der Waals surface area contributed by atoms with Gasteiger partial charge in [0.2, 0.25) is 0 Å². The van der Waals surface area contributed by atoms with Crippen LogP contribution in [-0.2, 0) is 27.8 Å². The van der Waals surface area contributed by atoms with Gasteiger partial charge in [0.1, 0.15) is 0 Å². The van der Waals surface area contributed by atoms with Crippen LogP contribution in [0, 0.1) is 0 Å². The summed E-state index contributed by atoms with van der Waals surface area (Å²) in [6.07, 6.45) is -3.11. The summed E-state index contributed by atoms with van der Waals surface area (Å²) in [6, 6.07) is 12.7. The molecule has 0 bridgehead atoms. The Labute approximate surface area is 170 Å². The maximum Gasteiger partial charge on any atom is 0.471 e. The predicted octanol–water partition coefficient (Wildman–Crippen LogP) is 3.48. The van der Waals surface area contributed by atoms with Crippen LogP contribution in [0.4, 0.5) is 18.9 Å². The molecule has 0 aliphatic carbocycles. The molecule has 2 aromatic carbocycles. The number of nitrogens with zero attached hydrogens (tertiary/aromatic N) is 2. The number of carbonyl (C=O) groups is 1. The summed E-state index contributed by atoms with van der Waals surface area (Å²) >= 11 is 0. The number of hydrogen-bond acceptors (Lipinski definition) is 4. The molecular formula is C20H16F3N3O3S. The molecule has 30 heavy (non-hydrogen) atoms. The number of sulfonamides is 1. The van der Waals surface area contributed by atoms with Gasteiger partial charge in [-0.3, -0.25) is 14.5 Å². The summed E-state index contributed by atoms with van der Waals surface area (Å²) in [5, 5.41) is 0.754. The number of nitrogens with one attached hydrogen (secondary N) is 1. The molecule has 3 aromatic rings. The number of pyridine rings is 1. The first-order valence-electron chi connectivity index (χ1n) is 8.99. The van der Waals surface area contributed by atoms with Crippen molar-refractivity contribution in [2.24, 2.45) is 0 Å². The molecule has 0 fully saturated rings. The molecule has 0 saturated carbocycles. The van der Waals surface area contributed by atoms with Crippen molar-refractivity contribution in [3.8, 4) is 0 Å². The molecule has 1 amide bonds.